The normalized spacial score (nSPS) is 9.70. The van der Waals surface area contributed by atoms with Crippen LogP contribution in [-0.2, 0) is 0 Å². The van der Waals surface area contributed by atoms with Crippen molar-refractivity contribution in [2.45, 2.75) is 0 Å². The fraction of sp³-hybridized carbons (Fsp3) is 0.231. The average Bonchev–Trinajstić information content (AvgIpc) is 2.53. The first kappa shape index (κ1) is 13.5. The van der Waals surface area contributed by atoms with E-state index >= 15 is 0 Å². The summed E-state index contributed by atoms with van der Waals surface area (Å²) in [5.41, 5.74) is 1.42. The lowest BCUT2D eigenvalue weighted by Crippen LogP contribution is -2.14. The van der Waals surface area contributed by atoms with Gasteiger partial charge >= 0.3 is 12.0 Å². The van der Waals surface area contributed by atoms with E-state index in [1.807, 2.05) is 0 Å². The van der Waals surface area contributed by atoms with Crippen LogP contribution in [-0.4, -0.2) is 36.2 Å². The number of benzene rings is 1. The Bertz CT molecular complexity index is 614. The second kappa shape index (κ2) is 5.84. The third-order valence-corrected chi connectivity index (χ3v) is 2.63. The number of ether oxygens (including phenoxy) is 2. The van der Waals surface area contributed by atoms with Crippen LogP contribution in [0.3, 0.4) is 0 Å². The van der Waals surface area contributed by atoms with Crippen molar-refractivity contribution in [3.63, 3.8) is 0 Å². The van der Waals surface area contributed by atoms with Gasteiger partial charge in [0.05, 0.1) is 25.9 Å². The zero-order chi connectivity index (χ0) is 14.5. The molecule has 2 rings (SSSR count). The topological polar surface area (TPSA) is 84.2 Å². The Balaban J connectivity index is 2.36. The van der Waals surface area contributed by atoms with Crippen molar-refractivity contribution in [1.29, 1.82) is 5.26 Å². The third-order valence-electron chi connectivity index (χ3n) is 2.63. The van der Waals surface area contributed by atoms with Gasteiger partial charge in [-0.25, -0.2) is 0 Å². The molecule has 0 aliphatic heterocycles. The summed E-state index contributed by atoms with van der Waals surface area (Å²) in [7, 11) is 4.75. The Morgan fingerprint density at radius 2 is 1.55 bits per heavy atom. The summed E-state index contributed by atoms with van der Waals surface area (Å²) in [5.74, 6) is 0.387. The average molecular weight is 271 g/mol. The summed E-state index contributed by atoms with van der Waals surface area (Å²) in [4.78, 5) is 14.0. The van der Waals surface area contributed by atoms with Gasteiger partial charge in [-0.1, -0.05) is 0 Å². The molecule has 7 heteroatoms. The minimum atomic E-state index is 0.173. The van der Waals surface area contributed by atoms with E-state index in [0.29, 0.717) is 11.5 Å². The van der Waals surface area contributed by atoms with Crippen LogP contribution < -0.4 is 14.4 Å². The van der Waals surface area contributed by atoms with Crippen LogP contribution in [0.4, 0.5) is 11.6 Å². The summed E-state index contributed by atoms with van der Waals surface area (Å²) < 4.78 is 10.0. The first-order valence-electron chi connectivity index (χ1n) is 5.76. The van der Waals surface area contributed by atoms with Gasteiger partial charge in [0.25, 0.3) is 0 Å². The molecule has 0 bridgehead atoms. The van der Waals surface area contributed by atoms with Crippen molar-refractivity contribution in [3.05, 3.63) is 29.8 Å². The van der Waals surface area contributed by atoms with E-state index in [9.17, 15) is 0 Å². The number of hydrogen-bond donors (Lipinski definition) is 0. The fourth-order valence-electron chi connectivity index (χ4n) is 1.54. The van der Waals surface area contributed by atoms with E-state index in [-0.39, 0.29) is 12.0 Å². The maximum Gasteiger partial charge on any atom is 0.324 e. The molecule has 0 saturated heterocycles. The standard InChI is InChI=1S/C13H13N5O2/c1-18(10-6-4-9(8-14)5-7-10)11-15-12(19-2)17-13(16-11)20-3/h4-7H,1-3H3. The molecular formula is C13H13N5O2. The third kappa shape index (κ3) is 2.75. The predicted octanol–water partition coefficient (Wildman–Crippen LogP) is 1.53. The minimum absolute atomic E-state index is 0.173. The molecule has 0 N–H and O–H groups in total. The molecule has 0 saturated carbocycles. The second-order valence-electron chi connectivity index (χ2n) is 3.83. The van der Waals surface area contributed by atoms with E-state index < -0.39 is 0 Å². The van der Waals surface area contributed by atoms with Crippen molar-refractivity contribution in [2.24, 2.45) is 0 Å². The molecular weight excluding hydrogens is 258 g/mol. The van der Waals surface area contributed by atoms with Crippen LogP contribution in [0, 0.1) is 11.3 Å². The highest BCUT2D eigenvalue weighted by molar-refractivity contribution is 5.57. The molecule has 7 nitrogen and oxygen atoms in total. The Morgan fingerprint density at radius 3 is 2.00 bits per heavy atom. The fourth-order valence-corrected chi connectivity index (χ4v) is 1.54. The number of rotatable bonds is 4. The maximum atomic E-state index is 8.79. The molecule has 0 spiro atoms. The Kier molecular flexibility index (Phi) is 3.96. The molecule has 0 radical (unpaired) electrons. The van der Waals surface area contributed by atoms with E-state index in [4.69, 9.17) is 14.7 Å². The van der Waals surface area contributed by atoms with Gasteiger partial charge in [0.2, 0.25) is 5.95 Å². The minimum Gasteiger partial charge on any atom is -0.467 e. The molecule has 20 heavy (non-hydrogen) atoms. The zero-order valence-corrected chi connectivity index (χ0v) is 11.4. The second-order valence-corrected chi connectivity index (χ2v) is 3.83. The molecule has 1 aromatic carbocycles. The summed E-state index contributed by atoms with van der Waals surface area (Å²) in [6, 6.07) is 9.48. The molecule has 1 aromatic heterocycles. The van der Waals surface area contributed by atoms with E-state index in [1.165, 1.54) is 14.2 Å². The van der Waals surface area contributed by atoms with Gasteiger partial charge in [-0.3, -0.25) is 0 Å². The van der Waals surface area contributed by atoms with Crippen LogP contribution >= 0.6 is 0 Å². The van der Waals surface area contributed by atoms with E-state index in [1.54, 1.807) is 36.2 Å². The molecule has 0 aliphatic rings. The SMILES string of the molecule is COc1nc(OC)nc(N(C)c2ccc(C#N)cc2)n1. The first-order chi connectivity index (χ1) is 9.67. The van der Waals surface area contributed by atoms with Gasteiger partial charge in [0.15, 0.2) is 0 Å². The van der Waals surface area contributed by atoms with Gasteiger partial charge in [-0.2, -0.15) is 15.2 Å². The molecule has 0 amide bonds. The Hall–Kier alpha value is -2.88. The van der Waals surface area contributed by atoms with Gasteiger partial charge in [-0.15, -0.1) is 4.98 Å². The monoisotopic (exact) mass is 271 g/mol. The van der Waals surface area contributed by atoms with E-state index in [2.05, 4.69) is 21.0 Å². The van der Waals surface area contributed by atoms with Gasteiger partial charge in [0.1, 0.15) is 0 Å². The van der Waals surface area contributed by atoms with Crippen LogP contribution in [0.1, 0.15) is 5.56 Å². The Labute approximate surface area is 116 Å². The van der Waals surface area contributed by atoms with Crippen molar-refractivity contribution in [2.75, 3.05) is 26.2 Å². The highest BCUT2D eigenvalue weighted by Crippen LogP contribution is 2.23. The number of aromatic nitrogens is 3. The molecule has 0 fully saturated rings. The molecule has 0 atom stereocenters. The molecule has 102 valence electrons. The number of anilines is 2. The van der Waals surface area contributed by atoms with Gasteiger partial charge in [-0.05, 0) is 24.3 Å². The number of methoxy groups -OCH3 is 2. The van der Waals surface area contributed by atoms with Crippen molar-refractivity contribution < 1.29 is 9.47 Å². The largest absolute Gasteiger partial charge is 0.467 e. The number of nitriles is 1. The van der Waals surface area contributed by atoms with Crippen LogP contribution in [0.2, 0.25) is 0 Å². The molecule has 2 aromatic rings. The van der Waals surface area contributed by atoms with Gasteiger partial charge < -0.3 is 14.4 Å². The van der Waals surface area contributed by atoms with Crippen LogP contribution in [0.5, 0.6) is 12.0 Å². The molecule has 0 aliphatic carbocycles. The quantitative estimate of drug-likeness (QED) is 0.833. The Morgan fingerprint density at radius 1 is 1.00 bits per heavy atom. The summed E-state index contributed by atoms with van der Waals surface area (Å²) >= 11 is 0. The summed E-state index contributed by atoms with van der Waals surface area (Å²) in [6.45, 7) is 0. The van der Waals surface area contributed by atoms with Crippen molar-refractivity contribution in [1.82, 2.24) is 15.0 Å². The van der Waals surface area contributed by atoms with Crippen molar-refractivity contribution in [3.8, 4) is 18.1 Å². The van der Waals surface area contributed by atoms with E-state index in [0.717, 1.165) is 5.69 Å². The number of nitrogens with zero attached hydrogens (tertiary/aromatic N) is 5. The lowest BCUT2D eigenvalue weighted by atomic mass is 10.2. The molecule has 0 unspecified atom stereocenters. The highest BCUT2D eigenvalue weighted by Gasteiger charge is 2.12. The summed E-state index contributed by atoms with van der Waals surface area (Å²) in [6.07, 6.45) is 0. The maximum absolute atomic E-state index is 8.79. The highest BCUT2D eigenvalue weighted by atomic mass is 16.5. The summed E-state index contributed by atoms with van der Waals surface area (Å²) in [5, 5.41) is 8.79. The number of hydrogen-bond acceptors (Lipinski definition) is 7. The first-order valence-corrected chi connectivity index (χ1v) is 5.76. The lowest BCUT2D eigenvalue weighted by Gasteiger charge is -2.17. The van der Waals surface area contributed by atoms with Crippen molar-refractivity contribution >= 4 is 11.6 Å². The smallest absolute Gasteiger partial charge is 0.324 e. The van der Waals surface area contributed by atoms with Crippen LogP contribution in [0.25, 0.3) is 0 Å². The molecule has 1 heterocycles. The predicted molar refractivity (Wildman–Crippen MR) is 72.2 cm³/mol. The van der Waals surface area contributed by atoms with Gasteiger partial charge in [0, 0.05) is 12.7 Å². The lowest BCUT2D eigenvalue weighted by molar-refractivity contribution is 0.340. The van der Waals surface area contributed by atoms with Crippen LogP contribution in [0.15, 0.2) is 24.3 Å². The zero-order valence-electron chi connectivity index (χ0n) is 11.4.